The van der Waals surface area contributed by atoms with Crippen LogP contribution in [0.2, 0.25) is 0 Å². The molecular formula is C17H25N3O3. The van der Waals surface area contributed by atoms with E-state index in [9.17, 15) is 9.59 Å². The summed E-state index contributed by atoms with van der Waals surface area (Å²) < 4.78 is 5.57. The molecule has 23 heavy (non-hydrogen) atoms. The van der Waals surface area contributed by atoms with Gasteiger partial charge in [0, 0.05) is 6.04 Å². The van der Waals surface area contributed by atoms with Crippen molar-refractivity contribution in [3.05, 3.63) is 29.8 Å². The minimum atomic E-state index is -0.112. The molecule has 6 heteroatoms. The molecule has 0 saturated heterocycles. The first-order chi connectivity index (χ1) is 11.0. The van der Waals surface area contributed by atoms with E-state index in [-0.39, 0.29) is 24.9 Å². The fourth-order valence-corrected chi connectivity index (χ4v) is 2.17. The lowest BCUT2D eigenvalue weighted by Gasteiger charge is -2.16. The van der Waals surface area contributed by atoms with Gasteiger partial charge in [-0.3, -0.25) is 14.5 Å². The Hall–Kier alpha value is -2.08. The van der Waals surface area contributed by atoms with E-state index in [0.29, 0.717) is 19.2 Å². The number of amides is 2. The molecule has 0 spiro atoms. The number of ether oxygens (including phenoxy) is 1. The zero-order valence-corrected chi connectivity index (χ0v) is 13.8. The quantitative estimate of drug-likeness (QED) is 0.657. The van der Waals surface area contributed by atoms with Gasteiger partial charge in [-0.25, -0.2) is 0 Å². The average molecular weight is 319 g/mol. The predicted molar refractivity (Wildman–Crippen MR) is 88.3 cm³/mol. The molecular weight excluding hydrogens is 294 g/mol. The van der Waals surface area contributed by atoms with E-state index in [2.05, 4.69) is 10.6 Å². The van der Waals surface area contributed by atoms with E-state index in [1.54, 1.807) is 11.9 Å². The average Bonchev–Trinajstić information content (AvgIpc) is 3.27. The van der Waals surface area contributed by atoms with Crippen molar-refractivity contribution in [2.24, 2.45) is 0 Å². The van der Waals surface area contributed by atoms with Gasteiger partial charge in [-0.1, -0.05) is 12.1 Å². The number of benzene rings is 1. The first kappa shape index (κ1) is 17.3. The molecule has 0 aliphatic heterocycles. The highest BCUT2D eigenvalue weighted by atomic mass is 16.5. The maximum Gasteiger partial charge on any atom is 0.234 e. The number of nitrogens with zero attached hydrogens (tertiary/aromatic N) is 1. The van der Waals surface area contributed by atoms with E-state index in [1.807, 2.05) is 31.2 Å². The Morgan fingerprint density at radius 3 is 2.70 bits per heavy atom. The highest BCUT2D eigenvalue weighted by molar-refractivity contribution is 5.81. The summed E-state index contributed by atoms with van der Waals surface area (Å²) in [5.41, 5.74) is 1.14. The number of carbonyl (C=O) groups is 2. The molecule has 0 heterocycles. The molecule has 1 aromatic rings. The van der Waals surface area contributed by atoms with Gasteiger partial charge >= 0.3 is 0 Å². The van der Waals surface area contributed by atoms with Crippen LogP contribution in [0.15, 0.2) is 24.3 Å². The Morgan fingerprint density at radius 1 is 1.26 bits per heavy atom. The highest BCUT2D eigenvalue weighted by Gasteiger charge is 2.23. The molecule has 1 saturated carbocycles. The Morgan fingerprint density at radius 2 is 2.00 bits per heavy atom. The second kappa shape index (κ2) is 8.53. The third-order valence-electron chi connectivity index (χ3n) is 3.45. The number of hydrogen-bond acceptors (Lipinski definition) is 4. The summed E-state index contributed by atoms with van der Waals surface area (Å²) in [5, 5.41) is 5.69. The molecule has 1 aliphatic carbocycles. The summed E-state index contributed by atoms with van der Waals surface area (Å²) in [6, 6.07) is 8.13. The maximum atomic E-state index is 11.8. The zero-order chi connectivity index (χ0) is 16.7. The van der Waals surface area contributed by atoms with E-state index in [0.717, 1.165) is 24.2 Å². The van der Waals surface area contributed by atoms with Gasteiger partial charge in [0.05, 0.1) is 19.6 Å². The van der Waals surface area contributed by atoms with E-state index in [4.69, 9.17) is 4.74 Å². The van der Waals surface area contributed by atoms with E-state index in [1.165, 1.54) is 0 Å². The number of carbonyl (C=O) groups excluding carboxylic acids is 2. The SMILES string of the molecule is Cc1cccc(OCCNC(=O)CN(C)CC(=O)NC2CC2)c1. The third-order valence-corrected chi connectivity index (χ3v) is 3.45. The van der Waals surface area contributed by atoms with Crippen molar-refractivity contribution in [2.75, 3.05) is 33.3 Å². The van der Waals surface area contributed by atoms with Gasteiger partial charge in [0.2, 0.25) is 11.8 Å². The van der Waals surface area contributed by atoms with Crippen LogP contribution in [0, 0.1) is 6.92 Å². The molecule has 0 aromatic heterocycles. The molecule has 1 fully saturated rings. The molecule has 2 rings (SSSR count). The van der Waals surface area contributed by atoms with Gasteiger partial charge in [-0.05, 0) is 44.5 Å². The summed E-state index contributed by atoms with van der Waals surface area (Å²) >= 11 is 0. The van der Waals surface area contributed by atoms with Crippen LogP contribution in [-0.4, -0.2) is 56.0 Å². The van der Waals surface area contributed by atoms with Crippen molar-refractivity contribution >= 4 is 11.8 Å². The summed E-state index contributed by atoms with van der Waals surface area (Å²) in [7, 11) is 1.76. The standard InChI is InChI=1S/C17H25N3O3/c1-13-4-3-5-15(10-13)23-9-8-18-16(21)11-20(2)12-17(22)19-14-6-7-14/h3-5,10,14H,6-9,11-12H2,1-2H3,(H,18,21)(H,19,22). The number of rotatable bonds is 9. The van der Waals surface area contributed by atoms with Crippen LogP contribution < -0.4 is 15.4 Å². The van der Waals surface area contributed by atoms with Gasteiger partial charge in [-0.15, -0.1) is 0 Å². The largest absolute Gasteiger partial charge is 0.492 e. The normalized spacial score (nSPS) is 13.7. The first-order valence-electron chi connectivity index (χ1n) is 7.97. The van der Waals surface area contributed by atoms with Crippen LogP contribution in [0.3, 0.4) is 0 Å². The predicted octanol–water partition coefficient (Wildman–Crippen LogP) is 0.700. The Balaban J connectivity index is 1.56. The van der Waals surface area contributed by atoms with Gasteiger partial charge in [0.1, 0.15) is 12.4 Å². The Kier molecular flexibility index (Phi) is 6.40. The maximum absolute atomic E-state index is 11.8. The van der Waals surface area contributed by atoms with Crippen molar-refractivity contribution in [3.63, 3.8) is 0 Å². The molecule has 6 nitrogen and oxygen atoms in total. The Labute approximate surface area is 137 Å². The molecule has 2 amide bonds. The molecule has 1 aromatic carbocycles. The number of nitrogens with one attached hydrogen (secondary N) is 2. The lowest BCUT2D eigenvalue weighted by molar-refractivity contribution is -0.124. The third kappa shape index (κ3) is 7.15. The molecule has 126 valence electrons. The van der Waals surface area contributed by atoms with Crippen molar-refractivity contribution in [1.82, 2.24) is 15.5 Å². The van der Waals surface area contributed by atoms with Crippen molar-refractivity contribution in [3.8, 4) is 5.75 Å². The van der Waals surface area contributed by atoms with Crippen LogP contribution in [0.1, 0.15) is 18.4 Å². The zero-order valence-electron chi connectivity index (χ0n) is 13.8. The lowest BCUT2D eigenvalue weighted by Crippen LogP contribution is -2.42. The highest BCUT2D eigenvalue weighted by Crippen LogP contribution is 2.18. The second-order valence-electron chi connectivity index (χ2n) is 6.03. The van der Waals surface area contributed by atoms with Crippen molar-refractivity contribution in [1.29, 1.82) is 0 Å². The summed E-state index contributed by atoms with van der Waals surface area (Å²) in [4.78, 5) is 25.1. The van der Waals surface area contributed by atoms with Crippen molar-refractivity contribution in [2.45, 2.75) is 25.8 Å². The fraction of sp³-hybridized carbons (Fsp3) is 0.529. The van der Waals surface area contributed by atoms with Gasteiger partial charge < -0.3 is 15.4 Å². The van der Waals surface area contributed by atoms with Gasteiger partial charge in [-0.2, -0.15) is 0 Å². The monoisotopic (exact) mass is 319 g/mol. The Bertz CT molecular complexity index is 544. The smallest absolute Gasteiger partial charge is 0.234 e. The van der Waals surface area contributed by atoms with Crippen LogP contribution in [0.5, 0.6) is 5.75 Å². The second-order valence-corrected chi connectivity index (χ2v) is 6.03. The van der Waals surface area contributed by atoms with E-state index >= 15 is 0 Å². The summed E-state index contributed by atoms with van der Waals surface area (Å²) in [6.07, 6.45) is 2.13. The first-order valence-corrected chi connectivity index (χ1v) is 7.97. The van der Waals surface area contributed by atoms with Crippen molar-refractivity contribution < 1.29 is 14.3 Å². The van der Waals surface area contributed by atoms with Crippen LogP contribution in [0.4, 0.5) is 0 Å². The van der Waals surface area contributed by atoms with Crippen LogP contribution in [0.25, 0.3) is 0 Å². The van der Waals surface area contributed by atoms with Gasteiger partial charge in [0.25, 0.3) is 0 Å². The molecule has 0 bridgehead atoms. The number of hydrogen-bond donors (Lipinski definition) is 2. The molecule has 2 N–H and O–H groups in total. The molecule has 0 radical (unpaired) electrons. The molecule has 1 aliphatic rings. The molecule has 0 atom stereocenters. The van der Waals surface area contributed by atoms with Crippen LogP contribution >= 0.6 is 0 Å². The fourth-order valence-electron chi connectivity index (χ4n) is 2.17. The minimum absolute atomic E-state index is 0.0226. The lowest BCUT2D eigenvalue weighted by atomic mass is 10.2. The number of likely N-dealkylation sites (N-methyl/N-ethyl adjacent to an activating group) is 1. The molecule has 0 unspecified atom stereocenters. The summed E-state index contributed by atoms with van der Waals surface area (Å²) in [5.74, 6) is 0.665. The van der Waals surface area contributed by atoms with Gasteiger partial charge in [0.15, 0.2) is 0 Å². The topological polar surface area (TPSA) is 70.7 Å². The summed E-state index contributed by atoms with van der Waals surface area (Å²) in [6.45, 7) is 3.30. The number of aryl methyl sites for hydroxylation is 1. The van der Waals surface area contributed by atoms with Crippen LogP contribution in [-0.2, 0) is 9.59 Å². The minimum Gasteiger partial charge on any atom is -0.492 e. The van der Waals surface area contributed by atoms with E-state index < -0.39 is 0 Å².